The zero-order valence-electron chi connectivity index (χ0n) is 15.9. The number of Topliss-reactive ketones (excluding diaryl/α,β-unsaturated/α-hetero) is 1. The maximum absolute atomic E-state index is 12.2. The molecule has 0 bridgehead atoms. The van der Waals surface area contributed by atoms with Gasteiger partial charge in [-0.3, -0.25) is 20.4 Å². The van der Waals surface area contributed by atoms with Crippen molar-refractivity contribution >= 4 is 29.0 Å². The molecule has 0 radical (unpaired) electrons. The number of hydrogen-bond donors (Lipinski definition) is 3. The first-order chi connectivity index (χ1) is 12.4. The van der Waals surface area contributed by atoms with E-state index in [1.54, 1.807) is 0 Å². The quantitative estimate of drug-likeness (QED) is 0.418. The third-order valence-electron chi connectivity index (χ3n) is 5.15. The standard InChI is InChI=1S/C20H29N3O2S/c1-13-8-9-16(12-15(13)3)18(24)10-11-19(25)22-23-20(26)21-17-7-5-4-6-14(17)2/h8-9,12,14,17H,4-7,10-11H2,1-3H3,(H,22,25)(H2,21,23,26). The van der Waals surface area contributed by atoms with E-state index in [0.717, 1.165) is 17.5 Å². The number of nitrogens with one attached hydrogen (secondary N) is 3. The van der Waals surface area contributed by atoms with Crippen LogP contribution in [0.15, 0.2) is 18.2 Å². The van der Waals surface area contributed by atoms with Crippen molar-refractivity contribution in [2.24, 2.45) is 5.92 Å². The van der Waals surface area contributed by atoms with E-state index < -0.39 is 0 Å². The van der Waals surface area contributed by atoms with Crippen LogP contribution in [-0.4, -0.2) is 22.8 Å². The van der Waals surface area contributed by atoms with Gasteiger partial charge in [0.2, 0.25) is 5.91 Å². The number of hydrazine groups is 1. The number of carbonyl (C=O) groups excluding carboxylic acids is 2. The molecule has 26 heavy (non-hydrogen) atoms. The first-order valence-electron chi connectivity index (χ1n) is 9.32. The van der Waals surface area contributed by atoms with Gasteiger partial charge in [0.15, 0.2) is 10.9 Å². The Morgan fingerprint density at radius 2 is 1.81 bits per heavy atom. The molecule has 1 aromatic rings. The Labute approximate surface area is 161 Å². The SMILES string of the molecule is Cc1ccc(C(=O)CCC(=O)NNC(=S)NC2CCCCC2C)cc1C. The molecule has 0 aromatic heterocycles. The van der Waals surface area contributed by atoms with Crippen LogP contribution in [0, 0.1) is 19.8 Å². The average molecular weight is 376 g/mol. The highest BCUT2D eigenvalue weighted by Crippen LogP contribution is 2.23. The molecule has 0 heterocycles. The van der Waals surface area contributed by atoms with Crippen LogP contribution >= 0.6 is 12.2 Å². The molecule has 1 amide bonds. The zero-order valence-corrected chi connectivity index (χ0v) is 16.7. The number of aryl methyl sites for hydroxylation is 2. The summed E-state index contributed by atoms with van der Waals surface area (Å²) in [4.78, 5) is 24.2. The number of hydrogen-bond acceptors (Lipinski definition) is 3. The highest BCUT2D eigenvalue weighted by atomic mass is 32.1. The second-order valence-corrected chi connectivity index (χ2v) is 7.65. The summed E-state index contributed by atoms with van der Waals surface area (Å²) >= 11 is 5.24. The van der Waals surface area contributed by atoms with Crippen LogP contribution < -0.4 is 16.2 Å². The molecule has 1 aliphatic carbocycles. The van der Waals surface area contributed by atoms with Crippen LogP contribution in [0.25, 0.3) is 0 Å². The van der Waals surface area contributed by atoms with Crippen molar-refractivity contribution < 1.29 is 9.59 Å². The molecule has 3 N–H and O–H groups in total. The van der Waals surface area contributed by atoms with Gasteiger partial charge in [-0.15, -0.1) is 0 Å². The van der Waals surface area contributed by atoms with Gasteiger partial charge in [-0.05, 0) is 62.0 Å². The van der Waals surface area contributed by atoms with Gasteiger partial charge in [-0.25, -0.2) is 0 Å². The van der Waals surface area contributed by atoms with Crippen LogP contribution in [0.1, 0.15) is 66.9 Å². The number of amides is 1. The third-order valence-corrected chi connectivity index (χ3v) is 5.37. The molecule has 142 valence electrons. The topological polar surface area (TPSA) is 70.2 Å². The lowest BCUT2D eigenvalue weighted by molar-refractivity contribution is -0.121. The predicted octanol–water partition coefficient (Wildman–Crippen LogP) is 3.34. The maximum Gasteiger partial charge on any atom is 0.238 e. The number of thiocarbonyl (C=S) groups is 1. The van der Waals surface area contributed by atoms with Crippen LogP contribution in [0.3, 0.4) is 0 Å². The molecule has 1 aromatic carbocycles. The van der Waals surface area contributed by atoms with E-state index in [9.17, 15) is 9.59 Å². The molecule has 0 saturated heterocycles. The lowest BCUT2D eigenvalue weighted by Crippen LogP contribution is -2.51. The fourth-order valence-corrected chi connectivity index (χ4v) is 3.41. The van der Waals surface area contributed by atoms with Gasteiger partial charge < -0.3 is 5.32 Å². The van der Waals surface area contributed by atoms with E-state index in [1.165, 1.54) is 19.3 Å². The Morgan fingerprint density at radius 3 is 2.50 bits per heavy atom. The average Bonchev–Trinajstić information content (AvgIpc) is 2.62. The van der Waals surface area contributed by atoms with E-state index in [-0.39, 0.29) is 24.5 Å². The fraction of sp³-hybridized carbons (Fsp3) is 0.550. The van der Waals surface area contributed by atoms with Gasteiger partial charge in [-0.2, -0.15) is 0 Å². The monoisotopic (exact) mass is 375 g/mol. The molecule has 0 aliphatic heterocycles. The van der Waals surface area contributed by atoms with Crippen molar-refractivity contribution in [1.29, 1.82) is 0 Å². The summed E-state index contributed by atoms with van der Waals surface area (Å²) in [6, 6.07) is 5.97. The number of rotatable bonds is 5. The van der Waals surface area contributed by atoms with Crippen molar-refractivity contribution in [3.63, 3.8) is 0 Å². The molecular formula is C20H29N3O2S. The first kappa shape index (κ1) is 20.4. The van der Waals surface area contributed by atoms with Crippen LogP contribution in [0.2, 0.25) is 0 Å². The Kier molecular flexibility index (Phi) is 7.57. The molecule has 5 nitrogen and oxygen atoms in total. The maximum atomic E-state index is 12.2. The van der Waals surface area contributed by atoms with Crippen molar-refractivity contribution in [2.45, 2.75) is 65.3 Å². The highest BCUT2D eigenvalue weighted by molar-refractivity contribution is 7.80. The largest absolute Gasteiger partial charge is 0.358 e. The van der Waals surface area contributed by atoms with E-state index in [0.29, 0.717) is 22.6 Å². The minimum Gasteiger partial charge on any atom is -0.358 e. The van der Waals surface area contributed by atoms with Crippen molar-refractivity contribution in [3.05, 3.63) is 34.9 Å². The zero-order chi connectivity index (χ0) is 19.1. The van der Waals surface area contributed by atoms with Crippen LogP contribution in [0.5, 0.6) is 0 Å². The summed E-state index contributed by atoms with van der Waals surface area (Å²) in [7, 11) is 0. The minimum atomic E-state index is -0.247. The summed E-state index contributed by atoms with van der Waals surface area (Å²) in [5, 5.41) is 3.69. The molecular weight excluding hydrogens is 346 g/mol. The number of ketones is 1. The summed E-state index contributed by atoms with van der Waals surface area (Å²) in [6.45, 7) is 6.20. The van der Waals surface area contributed by atoms with Gasteiger partial charge in [0, 0.05) is 24.4 Å². The Morgan fingerprint density at radius 1 is 1.08 bits per heavy atom. The molecule has 2 unspecified atom stereocenters. The van der Waals surface area contributed by atoms with Gasteiger partial charge >= 0.3 is 0 Å². The molecule has 2 rings (SSSR count). The molecule has 1 aliphatic rings. The predicted molar refractivity (Wildman–Crippen MR) is 108 cm³/mol. The number of carbonyl (C=O) groups is 2. The Bertz CT molecular complexity index is 675. The molecule has 6 heteroatoms. The normalized spacial score (nSPS) is 19.5. The fourth-order valence-electron chi connectivity index (χ4n) is 3.21. The van der Waals surface area contributed by atoms with Gasteiger partial charge in [0.05, 0.1) is 0 Å². The summed E-state index contributed by atoms with van der Waals surface area (Å²) in [5.41, 5.74) is 8.19. The molecule has 1 saturated carbocycles. The summed E-state index contributed by atoms with van der Waals surface area (Å²) < 4.78 is 0. The summed E-state index contributed by atoms with van der Waals surface area (Å²) in [5.74, 6) is 0.304. The van der Waals surface area contributed by atoms with Crippen LogP contribution in [0.4, 0.5) is 0 Å². The highest BCUT2D eigenvalue weighted by Gasteiger charge is 2.21. The number of benzene rings is 1. The minimum absolute atomic E-state index is 0.0278. The lowest BCUT2D eigenvalue weighted by Gasteiger charge is -2.30. The van der Waals surface area contributed by atoms with Gasteiger partial charge in [0.1, 0.15) is 0 Å². The van der Waals surface area contributed by atoms with Gasteiger partial charge in [-0.1, -0.05) is 31.9 Å². The lowest BCUT2D eigenvalue weighted by atomic mass is 9.86. The van der Waals surface area contributed by atoms with Crippen molar-refractivity contribution in [1.82, 2.24) is 16.2 Å². The van der Waals surface area contributed by atoms with E-state index in [1.807, 2.05) is 32.0 Å². The smallest absolute Gasteiger partial charge is 0.238 e. The van der Waals surface area contributed by atoms with E-state index >= 15 is 0 Å². The van der Waals surface area contributed by atoms with E-state index in [4.69, 9.17) is 12.2 Å². The van der Waals surface area contributed by atoms with Crippen molar-refractivity contribution in [3.8, 4) is 0 Å². The third kappa shape index (κ3) is 6.09. The second kappa shape index (κ2) is 9.67. The Hall–Kier alpha value is -1.95. The van der Waals surface area contributed by atoms with E-state index in [2.05, 4.69) is 23.1 Å². The summed E-state index contributed by atoms with van der Waals surface area (Å²) in [6.07, 6.45) is 5.08. The Balaban J connectivity index is 1.70. The molecule has 2 atom stereocenters. The second-order valence-electron chi connectivity index (χ2n) is 7.24. The molecule has 1 fully saturated rings. The van der Waals surface area contributed by atoms with Gasteiger partial charge in [0.25, 0.3) is 0 Å². The first-order valence-corrected chi connectivity index (χ1v) is 9.73. The van der Waals surface area contributed by atoms with Crippen molar-refractivity contribution in [2.75, 3.05) is 0 Å². The van der Waals surface area contributed by atoms with Crippen LogP contribution in [-0.2, 0) is 4.79 Å². The molecule has 0 spiro atoms.